The molecule has 0 heterocycles. The van der Waals surface area contributed by atoms with Gasteiger partial charge in [0.25, 0.3) is 0 Å². The zero-order valence-electron chi connectivity index (χ0n) is 8.64. The molecule has 2 unspecified atom stereocenters. The van der Waals surface area contributed by atoms with Gasteiger partial charge in [0.2, 0.25) is 0 Å². The molecule has 0 aromatic carbocycles. The molecule has 0 amide bonds. The highest BCUT2D eigenvalue weighted by Crippen LogP contribution is 2.30. The van der Waals surface area contributed by atoms with E-state index in [1.165, 1.54) is 25.7 Å². The minimum atomic E-state index is 0.250. The maximum atomic E-state index is 7.57. The average molecular weight is 173 g/mol. The van der Waals surface area contributed by atoms with E-state index in [2.05, 4.69) is 19.3 Å². The van der Waals surface area contributed by atoms with E-state index in [9.17, 15) is 0 Å². The molecule has 2 atom stereocenters. The van der Waals surface area contributed by atoms with Crippen molar-refractivity contribution in [1.29, 1.82) is 0 Å². The summed E-state index contributed by atoms with van der Waals surface area (Å²) in [6.07, 6.45) is 5.63. The molecular weight excluding hydrogens is 150 g/mol. The van der Waals surface area contributed by atoms with Crippen LogP contribution in [0.2, 0.25) is 0 Å². The minimum absolute atomic E-state index is 0.250. The first-order chi connectivity index (χ1) is 5.79. The van der Waals surface area contributed by atoms with Crippen LogP contribution in [0.15, 0.2) is 0 Å². The third-order valence-electron chi connectivity index (χ3n) is 2.45. The molecule has 1 rings (SSSR count). The highest BCUT2D eigenvalue weighted by molar-refractivity contribution is 4.84. The van der Waals surface area contributed by atoms with Crippen molar-refractivity contribution in [1.82, 2.24) is 5.32 Å². The Morgan fingerprint density at radius 2 is 1.92 bits per heavy atom. The summed E-state index contributed by atoms with van der Waals surface area (Å²) < 4.78 is 0. The van der Waals surface area contributed by atoms with Crippen LogP contribution in [0.25, 0.3) is 0 Å². The first-order valence-electron chi connectivity index (χ1n) is 5.08. The van der Waals surface area contributed by atoms with Crippen molar-refractivity contribution in [2.75, 3.05) is 13.7 Å². The molecule has 0 saturated heterocycles. The van der Waals surface area contributed by atoms with Crippen molar-refractivity contribution in [3.63, 3.8) is 0 Å². The zero-order chi connectivity index (χ0) is 9.40. The van der Waals surface area contributed by atoms with Crippen molar-refractivity contribution in [3.05, 3.63) is 0 Å². The van der Waals surface area contributed by atoms with E-state index in [1.54, 1.807) is 6.92 Å². The molecule has 74 valence electrons. The Morgan fingerprint density at radius 3 is 2.17 bits per heavy atom. The molecular formula is C10H23NO. The summed E-state index contributed by atoms with van der Waals surface area (Å²) >= 11 is 0. The monoisotopic (exact) mass is 173 g/mol. The van der Waals surface area contributed by atoms with Gasteiger partial charge in [-0.2, -0.15) is 0 Å². The molecule has 1 aliphatic rings. The van der Waals surface area contributed by atoms with Gasteiger partial charge in [-0.3, -0.25) is 0 Å². The fourth-order valence-corrected chi connectivity index (χ4v) is 1.67. The standard InChI is InChI=1S/C8H17N.C2H6O/c1-3-4-7-5-6-8(7)9-2;1-2-3/h7-9H,3-6H2,1-2H3;3H,2H2,1H3. The number of hydrogen-bond donors (Lipinski definition) is 2. The van der Waals surface area contributed by atoms with Crippen molar-refractivity contribution in [3.8, 4) is 0 Å². The molecule has 1 fully saturated rings. The number of rotatable bonds is 3. The second-order valence-corrected chi connectivity index (χ2v) is 3.34. The van der Waals surface area contributed by atoms with Crippen LogP contribution in [0.5, 0.6) is 0 Å². The van der Waals surface area contributed by atoms with Gasteiger partial charge in [-0.05, 0) is 39.2 Å². The summed E-state index contributed by atoms with van der Waals surface area (Å²) in [4.78, 5) is 0. The zero-order valence-corrected chi connectivity index (χ0v) is 8.64. The van der Waals surface area contributed by atoms with Crippen LogP contribution in [0.4, 0.5) is 0 Å². The quantitative estimate of drug-likeness (QED) is 0.682. The number of nitrogens with one attached hydrogen (secondary N) is 1. The van der Waals surface area contributed by atoms with E-state index >= 15 is 0 Å². The fraction of sp³-hybridized carbons (Fsp3) is 1.00. The van der Waals surface area contributed by atoms with Crippen molar-refractivity contribution >= 4 is 0 Å². The number of aliphatic hydroxyl groups excluding tert-OH is 1. The maximum Gasteiger partial charge on any atom is 0.0402 e. The van der Waals surface area contributed by atoms with Gasteiger partial charge in [-0.15, -0.1) is 0 Å². The van der Waals surface area contributed by atoms with Crippen molar-refractivity contribution in [2.24, 2.45) is 5.92 Å². The Kier molecular flexibility index (Phi) is 7.51. The molecule has 0 aromatic rings. The second-order valence-electron chi connectivity index (χ2n) is 3.34. The van der Waals surface area contributed by atoms with Crippen molar-refractivity contribution < 1.29 is 5.11 Å². The van der Waals surface area contributed by atoms with Crippen LogP contribution in [-0.4, -0.2) is 24.8 Å². The van der Waals surface area contributed by atoms with Crippen LogP contribution in [0.3, 0.4) is 0 Å². The lowest BCUT2D eigenvalue weighted by molar-refractivity contribution is 0.206. The molecule has 2 heteroatoms. The third kappa shape index (κ3) is 4.07. The summed E-state index contributed by atoms with van der Waals surface area (Å²) in [6.45, 7) is 4.20. The smallest absolute Gasteiger partial charge is 0.0402 e. The van der Waals surface area contributed by atoms with Gasteiger partial charge >= 0.3 is 0 Å². The summed E-state index contributed by atoms with van der Waals surface area (Å²) in [5, 5.41) is 10.9. The molecule has 0 aromatic heterocycles. The normalized spacial score (nSPS) is 27.0. The van der Waals surface area contributed by atoms with E-state index in [4.69, 9.17) is 5.11 Å². The van der Waals surface area contributed by atoms with Crippen LogP contribution < -0.4 is 5.32 Å². The van der Waals surface area contributed by atoms with E-state index in [0.29, 0.717) is 0 Å². The Hall–Kier alpha value is -0.0800. The molecule has 2 N–H and O–H groups in total. The molecule has 12 heavy (non-hydrogen) atoms. The molecule has 0 spiro atoms. The van der Waals surface area contributed by atoms with E-state index in [0.717, 1.165) is 12.0 Å². The summed E-state index contributed by atoms with van der Waals surface area (Å²) in [5.41, 5.74) is 0. The van der Waals surface area contributed by atoms with Gasteiger partial charge in [0.05, 0.1) is 0 Å². The van der Waals surface area contributed by atoms with Crippen LogP contribution in [0.1, 0.15) is 39.5 Å². The van der Waals surface area contributed by atoms with Gasteiger partial charge < -0.3 is 10.4 Å². The second kappa shape index (κ2) is 7.56. The average Bonchev–Trinajstić information content (AvgIpc) is 2.01. The van der Waals surface area contributed by atoms with Crippen molar-refractivity contribution in [2.45, 2.75) is 45.6 Å². The van der Waals surface area contributed by atoms with Crippen LogP contribution >= 0.6 is 0 Å². The number of aliphatic hydroxyl groups is 1. The van der Waals surface area contributed by atoms with Gasteiger partial charge in [-0.1, -0.05) is 13.3 Å². The summed E-state index contributed by atoms with van der Waals surface area (Å²) in [7, 11) is 2.08. The lowest BCUT2D eigenvalue weighted by atomic mass is 9.77. The highest BCUT2D eigenvalue weighted by atomic mass is 16.2. The van der Waals surface area contributed by atoms with Gasteiger partial charge in [0.15, 0.2) is 0 Å². The number of hydrogen-bond acceptors (Lipinski definition) is 2. The predicted octanol–water partition coefficient (Wildman–Crippen LogP) is 1.78. The first kappa shape index (κ1) is 11.9. The Balaban J connectivity index is 0.000000354. The lowest BCUT2D eigenvalue weighted by Crippen LogP contribution is -2.41. The fourth-order valence-electron chi connectivity index (χ4n) is 1.67. The Labute approximate surface area is 76.4 Å². The molecule has 1 saturated carbocycles. The largest absolute Gasteiger partial charge is 0.397 e. The highest BCUT2D eigenvalue weighted by Gasteiger charge is 2.27. The summed E-state index contributed by atoms with van der Waals surface area (Å²) in [6, 6.07) is 0.852. The third-order valence-corrected chi connectivity index (χ3v) is 2.45. The maximum absolute atomic E-state index is 7.57. The molecule has 0 bridgehead atoms. The molecule has 0 aliphatic heterocycles. The topological polar surface area (TPSA) is 32.3 Å². The van der Waals surface area contributed by atoms with Gasteiger partial charge in [0, 0.05) is 12.6 Å². The first-order valence-corrected chi connectivity index (χ1v) is 5.08. The van der Waals surface area contributed by atoms with Crippen LogP contribution in [-0.2, 0) is 0 Å². The van der Waals surface area contributed by atoms with Crippen LogP contribution in [0, 0.1) is 5.92 Å². The van der Waals surface area contributed by atoms with Gasteiger partial charge in [0.1, 0.15) is 0 Å². The Bertz CT molecular complexity index is 93.8. The lowest BCUT2D eigenvalue weighted by Gasteiger charge is -2.36. The molecule has 2 nitrogen and oxygen atoms in total. The van der Waals surface area contributed by atoms with E-state index in [-0.39, 0.29) is 6.61 Å². The predicted molar refractivity (Wildman–Crippen MR) is 53.2 cm³/mol. The summed E-state index contributed by atoms with van der Waals surface area (Å²) in [5.74, 6) is 1.000. The SMILES string of the molecule is CCCC1CCC1NC.CCO. The van der Waals surface area contributed by atoms with Gasteiger partial charge in [-0.25, -0.2) is 0 Å². The minimum Gasteiger partial charge on any atom is -0.397 e. The molecule has 1 aliphatic carbocycles. The molecule has 0 radical (unpaired) electrons. The Morgan fingerprint density at radius 1 is 1.33 bits per heavy atom. The van der Waals surface area contributed by atoms with E-state index < -0.39 is 0 Å². The van der Waals surface area contributed by atoms with E-state index in [1.807, 2.05) is 0 Å².